The molecular weight excluding hydrogens is 149 g/mol. The second-order valence-corrected chi connectivity index (χ2v) is 3.07. The minimum absolute atomic E-state index is 0.854. The van der Waals surface area contributed by atoms with E-state index in [1.54, 1.807) is 0 Å². The predicted octanol–water partition coefficient (Wildman–Crippen LogP) is -0.0150. The zero-order valence-electron chi connectivity index (χ0n) is 7.49. The van der Waals surface area contributed by atoms with Crippen LogP contribution in [0.4, 0.5) is 0 Å². The maximum Gasteiger partial charge on any atom is 0.327 e. The highest BCUT2D eigenvalue weighted by Gasteiger charge is 2.01. The highest BCUT2D eigenvalue weighted by atomic mass is 16.2. The molecule has 2 nitrogen and oxygen atoms in total. The van der Waals surface area contributed by atoms with Crippen LogP contribution >= 0.6 is 0 Å². The van der Waals surface area contributed by atoms with Crippen molar-refractivity contribution in [2.45, 2.75) is 6.54 Å². The highest BCUT2D eigenvalue weighted by molar-refractivity contribution is 6.46. The normalized spacial score (nSPS) is 10.3. The van der Waals surface area contributed by atoms with Crippen LogP contribution in [-0.4, -0.2) is 31.5 Å². The van der Waals surface area contributed by atoms with E-state index in [1.807, 2.05) is 38.4 Å². The molecule has 0 saturated carbocycles. The van der Waals surface area contributed by atoms with Gasteiger partial charge in [-0.05, 0) is 25.1 Å². The molecule has 0 heterocycles. The van der Waals surface area contributed by atoms with E-state index in [4.69, 9.17) is 5.02 Å². The fourth-order valence-corrected chi connectivity index (χ4v) is 1.14. The third kappa shape index (κ3) is 2.36. The Kier molecular flexibility index (Phi) is 3.32. The Balaban J connectivity index is 2.82. The first-order valence-corrected chi connectivity index (χ1v) is 3.94. The Morgan fingerprint density at radius 2 is 2.00 bits per heavy atom. The van der Waals surface area contributed by atoms with E-state index in [0.29, 0.717) is 0 Å². The van der Waals surface area contributed by atoms with Gasteiger partial charge in [0.15, 0.2) is 0 Å². The Hall–Kier alpha value is -0.795. The molecule has 1 N–H and O–H groups in total. The largest absolute Gasteiger partial charge is 0.450 e. The molecule has 63 valence electrons. The van der Waals surface area contributed by atoms with Crippen LogP contribution in [0.15, 0.2) is 24.3 Å². The first kappa shape index (κ1) is 9.29. The van der Waals surface area contributed by atoms with E-state index in [0.717, 1.165) is 25.1 Å². The van der Waals surface area contributed by atoms with Crippen LogP contribution in [0.3, 0.4) is 0 Å². The molecule has 0 aliphatic rings. The van der Waals surface area contributed by atoms with Crippen molar-refractivity contribution >= 4 is 12.9 Å². The van der Waals surface area contributed by atoms with Crippen molar-refractivity contribution in [1.29, 1.82) is 0 Å². The molecule has 0 unspecified atom stereocenters. The number of hydrogen-bond donors (Lipinski definition) is 1. The Morgan fingerprint density at radius 1 is 1.33 bits per heavy atom. The summed E-state index contributed by atoms with van der Waals surface area (Å²) in [7, 11) is 5.17. The summed E-state index contributed by atoms with van der Waals surface area (Å²) in [6, 6.07) is 7.81. The second kappa shape index (κ2) is 4.29. The summed E-state index contributed by atoms with van der Waals surface area (Å²) in [4.78, 5) is 2.07. The number of benzene rings is 1. The summed E-state index contributed by atoms with van der Waals surface area (Å²) in [5.41, 5.74) is 2.04. The van der Waals surface area contributed by atoms with Gasteiger partial charge in [0, 0.05) is 6.54 Å². The minimum Gasteiger partial charge on any atom is -0.450 e. The van der Waals surface area contributed by atoms with Gasteiger partial charge in [0.25, 0.3) is 0 Å². The molecule has 1 aromatic rings. The standard InChI is InChI=1S/C9H13BNO/c1-11(2)7-8-5-3-4-6-9(8)10-12/h3-6,12H,7H2,1-2H3. The van der Waals surface area contributed by atoms with Gasteiger partial charge in [-0.15, -0.1) is 0 Å². The smallest absolute Gasteiger partial charge is 0.327 e. The Morgan fingerprint density at radius 3 is 2.58 bits per heavy atom. The molecule has 1 aromatic carbocycles. The lowest BCUT2D eigenvalue weighted by Crippen LogP contribution is -2.23. The summed E-state index contributed by atoms with van der Waals surface area (Å²) in [6.07, 6.45) is 0. The van der Waals surface area contributed by atoms with Crippen molar-refractivity contribution in [3.63, 3.8) is 0 Å². The summed E-state index contributed by atoms with van der Waals surface area (Å²) < 4.78 is 0. The third-order valence-electron chi connectivity index (χ3n) is 1.68. The monoisotopic (exact) mass is 162 g/mol. The van der Waals surface area contributed by atoms with Crippen molar-refractivity contribution in [1.82, 2.24) is 4.90 Å². The quantitative estimate of drug-likeness (QED) is 0.631. The molecular formula is C9H13BNO. The van der Waals surface area contributed by atoms with Crippen molar-refractivity contribution < 1.29 is 5.02 Å². The fraction of sp³-hybridized carbons (Fsp3) is 0.333. The topological polar surface area (TPSA) is 23.5 Å². The molecule has 12 heavy (non-hydrogen) atoms. The van der Waals surface area contributed by atoms with Crippen molar-refractivity contribution in [3.05, 3.63) is 29.8 Å². The van der Waals surface area contributed by atoms with Crippen LogP contribution in [0.5, 0.6) is 0 Å². The van der Waals surface area contributed by atoms with Gasteiger partial charge < -0.3 is 9.92 Å². The highest BCUT2D eigenvalue weighted by Crippen LogP contribution is 1.97. The van der Waals surface area contributed by atoms with Crippen molar-refractivity contribution in [2.24, 2.45) is 0 Å². The van der Waals surface area contributed by atoms with Gasteiger partial charge in [-0.3, -0.25) is 0 Å². The number of hydrogen-bond acceptors (Lipinski definition) is 2. The first-order chi connectivity index (χ1) is 5.74. The summed E-state index contributed by atoms with van der Waals surface area (Å²) in [5, 5.41) is 8.89. The van der Waals surface area contributed by atoms with Crippen LogP contribution in [0, 0.1) is 0 Å². The molecule has 1 radical (unpaired) electrons. The lowest BCUT2D eigenvalue weighted by molar-refractivity contribution is 0.403. The van der Waals surface area contributed by atoms with Gasteiger partial charge in [-0.2, -0.15) is 0 Å². The maximum atomic E-state index is 8.89. The summed E-state index contributed by atoms with van der Waals surface area (Å²) in [5.74, 6) is 0. The molecule has 3 heteroatoms. The molecule has 0 fully saturated rings. The van der Waals surface area contributed by atoms with Crippen molar-refractivity contribution in [3.8, 4) is 0 Å². The minimum atomic E-state index is 0.854. The Bertz CT molecular complexity index is 250. The van der Waals surface area contributed by atoms with Crippen LogP contribution < -0.4 is 5.46 Å². The van der Waals surface area contributed by atoms with Crippen LogP contribution in [0.25, 0.3) is 0 Å². The molecule has 0 atom stereocenters. The van der Waals surface area contributed by atoms with Crippen molar-refractivity contribution in [2.75, 3.05) is 14.1 Å². The van der Waals surface area contributed by atoms with E-state index in [2.05, 4.69) is 4.90 Å². The molecule has 0 spiro atoms. The molecule has 1 rings (SSSR count). The summed E-state index contributed by atoms with van der Waals surface area (Å²) >= 11 is 0. The molecule has 0 aromatic heterocycles. The van der Waals surface area contributed by atoms with Crippen LogP contribution in [-0.2, 0) is 6.54 Å². The Labute approximate surface area is 74.1 Å². The SMILES string of the molecule is CN(C)Cc1ccccc1[B]O. The predicted molar refractivity (Wildman–Crippen MR) is 51.4 cm³/mol. The van der Waals surface area contributed by atoms with E-state index in [-0.39, 0.29) is 0 Å². The second-order valence-electron chi connectivity index (χ2n) is 3.07. The van der Waals surface area contributed by atoms with Gasteiger partial charge in [0.05, 0.1) is 0 Å². The lowest BCUT2D eigenvalue weighted by atomic mass is 9.84. The molecule has 0 aliphatic heterocycles. The zero-order chi connectivity index (χ0) is 8.97. The van der Waals surface area contributed by atoms with E-state index >= 15 is 0 Å². The van der Waals surface area contributed by atoms with E-state index < -0.39 is 0 Å². The van der Waals surface area contributed by atoms with Gasteiger partial charge in [-0.1, -0.05) is 24.3 Å². The molecule has 0 amide bonds. The fourth-order valence-electron chi connectivity index (χ4n) is 1.14. The molecule has 0 bridgehead atoms. The molecule has 0 saturated heterocycles. The van der Waals surface area contributed by atoms with E-state index in [9.17, 15) is 0 Å². The average Bonchev–Trinajstić information content (AvgIpc) is 2.04. The number of rotatable bonds is 3. The third-order valence-corrected chi connectivity index (χ3v) is 1.68. The lowest BCUT2D eigenvalue weighted by Gasteiger charge is -2.11. The maximum absolute atomic E-state index is 8.89. The van der Waals surface area contributed by atoms with Crippen LogP contribution in [0.1, 0.15) is 5.56 Å². The van der Waals surface area contributed by atoms with Crippen LogP contribution in [0.2, 0.25) is 0 Å². The van der Waals surface area contributed by atoms with Gasteiger partial charge >= 0.3 is 7.48 Å². The van der Waals surface area contributed by atoms with E-state index in [1.165, 1.54) is 0 Å². The van der Waals surface area contributed by atoms with Gasteiger partial charge in [-0.25, -0.2) is 0 Å². The number of nitrogens with zero attached hydrogens (tertiary/aromatic N) is 1. The average molecular weight is 162 g/mol. The summed E-state index contributed by atoms with van der Waals surface area (Å²) in [6.45, 7) is 0.854. The van der Waals surface area contributed by atoms with Gasteiger partial charge in [0.1, 0.15) is 0 Å². The zero-order valence-corrected chi connectivity index (χ0v) is 7.49. The molecule has 0 aliphatic carbocycles. The van der Waals surface area contributed by atoms with Gasteiger partial charge in [0.2, 0.25) is 0 Å². The first-order valence-electron chi connectivity index (χ1n) is 3.94.